The van der Waals surface area contributed by atoms with Gasteiger partial charge in [0.1, 0.15) is 5.82 Å². The number of hydrogen-bond donors (Lipinski definition) is 2. The van der Waals surface area contributed by atoms with Gasteiger partial charge in [-0.15, -0.1) is 0 Å². The van der Waals surface area contributed by atoms with Gasteiger partial charge in [-0.3, -0.25) is 4.79 Å². The maximum Gasteiger partial charge on any atom is 0.224 e. The molecule has 3 N–H and O–H groups in total. The maximum absolute atomic E-state index is 12.9. The normalized spacial score (nSPS) is 12.2. The molecule has 0 radical (unpaired) electrons. The van der Waals surface area contributed by atoms with Gasteiger partial charge < -0.3 is 11.1 Å². The molecule has 16 heavy (non-hydrogen) atoms. The summed E-state index contributed by atoms with van der Waals surface area (Å²) in [6, 6.07) is 4.16. The van der Waals surface area contributed by atoms with Gasteiger partial charge in [-0.25, -0.2) is 4.39 Å². The van der Waals surface area contributed by atoms with Crippen LogP contribution in [0, 0.1) is 11.7 Å². The summed E-state index contributed by atoms with van der Waals surface area (Å²) < 4.78 is 12.9. The Bertz CT molecular complexity index is 379. The number of nitrogens with one attached hydrogen (secondary N) is 1. The van der Waals surface area contributed by atoms with Crippen molar-refractivity contribution in [2.24, 2.45) is 5.92 Å². The zero-order chi connectivity index (χ0) is 12.1. The quantitative estimate of drug-likeness (QED) is 0.773. The van der Waals surface area contributed by atoms with Gasteiger partial charge in [0.2, 0.25) is 5.91 Å². The monoisotopic (exact) mass is 224 g/mol. The van der Waals surface area contributed by atoms with E-state index in [1.807, 2.05) is 13.8 Å². The first kappa shape index (κ1) is 12.5. The van der Waals surface area contributed by atoms with E-state index in [-0.39, 0.29) is 11.6 Å². The molecular formula is C12H17FN2O. The number of nitrogen functional groups attached to an aromatic ring is 1. The lowest BCUT2D eigenvalue weighted by atomic mass is 10.1. The molecule has 1 unspecified atom stereocenters. The molecule has 0 spiro atoms. The number of carbonyl (C=O) groups excluding carboxylic acids is 1. The predicted molar refractivity (Wildman–Crippen MR) is 63.5 cm³/mol. The van der Waals surface area contributed by atoms with Crippen molar-refractivity contribution in [2.45, 2.75) is 26.7 Å². The lowest BCUT2D eigenvalue weighted by Crippen LogP contribution is -2.15. The van der Waals surface area contributed by atoms with Crippen LogP contribution in [-0.2, 0) is 4.79 Å². The fourth-order valence-electron chi connectivity index (χ4n) is 1.29. The van der Waals surface area contributed by atoms with Crippen LogP contribution in [-0.4, -0.2) is 5.91 Å². The second-order valence-corrected chi connectivity index (χ2v) is 4.00. The third kappa shape index (κ3) is 3.53. The minimum atomic E-state index is -0.472. The average molecular weight is 224 g/mol. The summed E-state index contributed by atoms with van der Waals surface area (Å²) in [5, 5.41) is 2.69. The van der Waals surface area contributed by atoms with Gasteiger partial charge in [-0.1, -0.05) is 20.3 Å². The summed E-state index contributed by atoms with van der Waals surface area (Å²) in [4.78, 5) is 11.5. The zero-order valence-corrected chi connectivity index (χ0v) is 9.59. The largest absolute Gasteiger partial charge is 0.396 e. The van der Waals surface area contributed by atoms with E-state index in [9.17, 15) is 9.18 Å². The van der Waals surface area contributed by atoms with Crippen molar-refractivity contribution >= 4 is 17.3 Å². The number of anilines is 2. The summed E-state index contributed by atoms with van der Waals surface area (Å²) in [6.07, 6.45) is 1.42. The highest BCUT2D eigenvalue weighted by atomic mass is 19.1. The van der Waals surface area contributed by atoms with Gasteiger partial charge in [-0.05, 0) is 24.1 Å². The van der Waals surface area contributed by atoms with Crippen molar-refractivity contribution in [3.63, 3.8) is 0 Å². The van der Waals surface area contributed by atoms with E-state index in [1.165, 1.54) is 18.2 Å². The van der Waals surface area contributed by atoms with Crippen LogP contribution in [0.2, 0.25) is 0 Å². The summed E-state index contributed by atoms with van der Waals surface area (Å²) in [5.74, 6) is -0.196. The lowest BCUT2D eigenvalue weighted by molar-refractivity contribution is -0.117. The smallest absolute Gasteiger partial charge is 0.224 e. The molecule has 0 fully saturated rings. The minimum Gasteiger partial charge on any atom is -0.396 e. The van der Waals surface area contributed by atoms with Crippen LogP contribution in [0.1, 0.15) is 26.7 Å². The second-order valence-electron chi connectivity index (χ2n) is 4.00. The number of benzene rings is 1. The molecule has 0 saturated heterocycles. The third-order valence-electron chi connectivity index (χ3n) is 2.51. The molecule has 1 aromatic carbocycles. The SMILES string of the molecule is CCC(C)CC(=O)Nc1ccc(F)c(N)c1. The first-order valence-electron chi connectivity index (χ1n) is 5.37. The van der Waals surface area contributed by atoms with Gasteiger partial charge >= 0.3 is 0 Å². The Morgan fingerprint density at radius 3 is 2.81 bits per heavy atom. The third-order valence-corrected chi connectivity index (χ3v) is 2.51. The van der Waals surface area contributed by atoms with E-state index < -0.39 is 5.82 Å². The van der Waals surface area contributed by atoms with Crippen molar-refractivity contribution in [3.8, 4) is 0 Å². The van der Waals surface area contributed by atoms with Crippen LogP contribution in [0.4, 0.5) is 15.8 Å². The van der Waals surface area contributed by atoms with Crippen LogP contribution >= 0.6 is 0 Å². The molecule has 0 aliphatic carbocycles. The topological polar surface area (TPSA) is 55.1 Å². The summed E-state index contributed by atoms with van der Waals surface area (Å²) in [7, 11) is 0. The molecule has 3 nitrogen and oxygen atoms in total. The highest BCUT2D eigenvalue weighted by Gasteiger charge is 2.08. The molecule has 0 bridgehead atoms. The zero-order valence-electron chi connectivity index (χ0n) is 9.59. The fourth-order valence-corrected chi connectivity index (χ4v) is 1.29. The molecule has 0 aliphatic heterocycles. The van der Waals surface area contributed by atoms with E-state index in [4.69, 9.17) is 5.73 Å². The van der Waals surface area contributed by atoms with E-state index >= 15 is 0 Å². The van der Waals surface area contributed by atoms with Crippen LogP contribution in [0.3, 0.4) is 0 Å². The molecule has 0 aliphatic rings. The number of nitrogens with two attached hydrogens (primary N) is 1. The van der Waals surface area contributed by atoms with Gasteiger partial charge in [0.15, 0.2) is 0 Å². The minimum absolute atomic E-state index is 0.0429. The maximum atomic E-state index is 12.9. The molecule has 1 aromatic rings. The number of carbonyl (C=O) groups is 1. The molecule has 4 heteroatoms. The number of hydrogen-bond acceptors (Lipinski definition) is 2. The molecule has 1 atom stereocenters. The van der Waals surface area contributed by atoms with Crippen molar-refractivity contribution in [2.75, 3.05) is 11.1 Å². The Morgan fingerprint density at radius 2 is 2.25 bits per heavy atom. The second kappa shape index (κ2) is 5.49. The number of rotatable bonds is 4. The van der Waals surface area contributed by atoms with E-state index in [2.05, 4.69) is 5.32 Å². The molecule has 0 heterocycles. The molecule has 0 saturated carbocycles. The van der Waals surface area contributed by atoms with Gasteiger partial charge in [0.25, 0.3) is 0 Å². The highest BCUT2D eigenvalue weighted by Crippen LogP contribution is 2.17. The summed E-state index contributed by atoms with van der Waals surface area (Å²) >= 11 is 0. The lowest BCUT2D eigenvalue weighted by Gasteiger charge is -2.09. The Kier molecular flexibility index (Phi) is 4.28. The molecule has 0 aromatic heterocycles. The predicted octanol–water partition coefficient (Wildman–Crippen LogP) is 2.78. The average Bonchev–Trinajstić information content (AvgIpc) is 2.23. The van der Waals surface area contributed by atoms with Gasteiger partial charge in [0.05, 0.1) is 5.69 Å². The molecule has 88 valence electrons. The van der Waals surface area contributed by atoms with E-state index in [1.54, 1.807) is 0 Å². The van der Waals surface area contributed by atoms with Crippen molar-refractivity contribution in [3.05, 3.63) is 24.0 Å². The number of amides is 1. The first-order valence-corrected chi connectivity index (χ1v) is 5.37. The van der Waals surface area contributed by atoms with Crippen molar-refractivity contribution < 1.29 is 9.18 Å². The highest BCUT2D eigenvalue weighted by molar-refractivity contribution is 5.91. The fraction of sp³-hybridized carbons (Fsp3) is 0.417. The Balaban J connectivity index is 2.59. The summed E-state index contributed by atoms with van der Waals surface area (Å²) in [6.45, 7) is 4.05. The van der Waals surface area contributed by atoms with Crippen LogP contribution < -0.4 is 11.1 Å². The Hall–Kier alpha value is -1.58. The standard InChI is InChI=1S/C12H17FN2O/c1-3-8(2)6-12(16)15-9-4-5-10(13)11(14)7-9/h4-5,7-8H,3,6,14H2,1-2H3,(H,15,16). The van der Waals surface area contributed by atoms with Gasteiger partial charge in [0, 0.05) is 12.1 Å². The molecule has 1 rings (SSSR count). The van der Waals surface area contributed by atoms with Crippen LogP contribution in [0.5, 0.6) is 0 Å². The summed E-state index contributed by atoms with van der Waals surface area (Å²) in [5.41, 5.74) is 5.97. The van der Waals surface area contributed by atoms with Crippen LogP contribution in [0.15, 0.2) is 18.2 Å². The first-order chi connectivity index (χ1) is 7.52. The van der Waals surface area contributed by atoms with Gasteiger partial charge in [-0.2, -0.15) is 0 Å². The van der Waals surface area contributed by atoms with Crippen molar-refractivity contribution in [1.29, 1.82) is 0 Å². The van der Waals surface area contributed by atoms with E-state index in [0.717, 1.165) is 6.42 Å². The Morgan fingerprint density at radius 1 is 1.56 bits per heavy atom. The Labute approximate surface area is 94.8 Å². The molecular weight excluding hydrogens is 207 g/mol. The van der Waals surface area contributed by atoms with Crippen molar-refractivity contribution in [1.82, 2.24) is 0 Å². The van der Waals surface area contributed by atoms with E-state index in [0.29, 0.717) is 18.0 Å². The molecule has 1 amide bonds. The number of halogens is 1. The van der Waals surface area contributed by atoms with Crippen LogP contribution in [0.25, 0.3) is 0 Å².